The molecule has 1 aromatic rings. The van der Waals surface area contributed by atoms with Crippen LogP contribution in [0.15, 0.2) is 12.4 Å². The van der Waals surface area contributed by atoms with Gasteiger partial charge in [0.05, 0.1) is 0 Å². The highest BCUT2D eigenvalue weighted by Crippen LogP contribution is 2.22. The van der Waals surface area contributed by atoms with E-state index in [1.165, 1.54) is 0 Å². The van der Waals surface area contributed by atoms with Gasteiger partial charge in [-0.2, -0.15) is 0 Å². The van der Waals surface area contributed by atoms with E-state index in [4.69, 9.17) is 0 Å². The molecule has 1 saturated heterocycles. The lowest BCUT2D eigenvalue weighted by Gasteiger charge is -2.28. The average molecular weight is 179 g/mol. The van der Waals surface area contributed by atoms with Crippen molar-refractivity contribution >= 4 is 6.41 Å². The first-order valence-electron chi connectivity index (χ1n) is 4.59. The number of imidazole rings is 1. The number of nitrogens with zero attached hydrogens (tertiary/aromatic N) is 2. The monoisotopic (exact) mass is 179 g/mol. The molecule has 0 spiro atoms. The summed E-state index contributed by atoms with van der Waals surface area (Å²) in [6, 6.07) is 0. The highest BCUT2D eigenvalue weighted by molar-refractivity contribution is 5.47. The number of amides is 1. The van der Waals surface area contributed by atoms with Crippen LogP contribution in [-0.4, -0.2) is 34.4 Å². The number of hydrogen-bond donors (Lipinski definition) is 1. The summed E-state index contributed by atoms with van der Waals surface area (Å²) in [5.41, 5.74) is 0. The Morgan fingerprint density at radius 2 is 2.62 bits per heavy atom. The highest BCUT2D eigenvalue weighted by atomic mass is 16.1. The van der Waals surface area contributed by atoms with Crippen molar-refractivity contribution in [2.24, 2.45) is 0 Å². The van der Waals surface area contributed by atoms with Crippen LogP contribution in [0.5, 0.6) is 0 Å². The summed E-state index contributed by atoms with van der Waals surface area (Å²) in [7, 11) is 0. The predicted octanol–water partition coefficient (Wildman–Crippen LogP) is 0.745. The van der Waals surface area contributed by atoms with E-state index in [0.29, 0.717) is 5.92 Å². The largest absolute Gasteiger partial charge is 0.348 e. The third-order valence-electron chi connectivity index (χ3n) is 2.51. The molecule has 4 heteroatoms. The first-order chi connectivity index (χ1) is 6.40. The summed E-state index contributed by atoms with van der Waals surface area (Å²) in [6.07, 6.45) is 6.71. The van der Waals surface area contributed by atoms with Gasteiger partial charge in [0.25, 0.3) is 0 Å². The minimum atomic E-state index is 0.397. The molecule has 1 aliphatic rings. The number of carbonyl (C=O) groups excluding carboxylic acids is 1. The van der Waals surface area contributed by atoms with Crippen molar-refractivity contribution < 1.29 is 4.79 Å². The van der Waals surface area contributed by atoms with Gasteiger partial charge < -0.3 is 9.88 Å². The maximum atomic E-state index is 10.6. The average Bonchev–Trinajstić information content (AvgIpc) is 2.71. The molecule has 1 unspecified atom stereocenters. The van der Waals surface area contributed by atoms with Gasteiger partial charge in [-0.1, -0.05) is 0 Å². The van der Waals surface area contributed by atoms with Crippen molar-refractivity contribution in [3.05, 3.63) is 18.2 Å². The Morgan fingerprint density at radius 3 is 3.31 bits per heavy atom. The molecule has 0 radical (unpaired) electrons. The van der Waals surface area contributed by atoms with Gasteiger partial charge in [0.1, 0.15) is 5.82 Å². The Morgan fingerprint density at radius 1 is 1.69 bits per heavy atom. The Labute approximate surface area is 77.0 Å². The van der Waals surface area contributed by atoms with E-state index < -0.39 is 0 Å². The van der Waals surface area contributed by atoms with E-state index in [1.807, 2.05) is 11.1 Å². The first kappa shape index (κ1) is 8.29. The molecular weight excluding hydrogens is 166 g/mol. The number of hydrogen-bond acceptors (Lipinski definition) is 2. The molecule has 1 aromatic heterocycles. The molecule has 1 N–H and O–H groups in total. The van der Waals surface area contributed by atoms with Crippen LogP contribution >= 0.6 is 0 Å². The van der Waals surface area contributed by atoms with Crippen LogP contribution in [-0.2, 0) is 4.79 Å². The minimum Gasteiger partial charge on any atom is -0.348 e. The smallest absolute Gasteiger partial charge is 0.209 e. The van der Waals surface area contributed by atoms with Gasteiger partial charge in [-0.05, 0) is 12.8 Å². The Hall–Kier alpha value is -1.32. The van der Waals surface area contributed by atoms with Gasteiger partial charge in [0.15, 0.2) is 0 Å². The fourth-order valence-corrected chi connectivity index (χ4v) is 1.83. The van der Waals surface area contributed by atoms with Crippen LogP contribution in [0, 0.1) is 0 Å². The Bertz CT molecular complexity index is 270. The van der Waals surface area contributed by atoms with E-state index in [9.17, 15) is 4.79 Å². The van der Waals surface area contributed by atoms with Crippen molar-refractivity contribution in [3.63, 3.8) is 0 Å². The third kappa shape index (κ3) is 1.71. The van der Waals surface area contributed by atoms with Gasteiger partial charge >= 0.3 is 0 Å². The molecule has 1 fully saturated rings. The molecule has 0 aliphatic carbocycles. The molecule has 1 amide bonds. The molecule has 1 aliphatic heterocycles. The fourth-order valence-electron chi connectivity index (χ4n) is 1.83. The zero-order valence-corrected chi connectivity index (χ0v) is 7.44. The van der Waals surface area contributed by atoms with Crippen molar-refractivity contribution in [2.45, 2.75) is 18.8 Å². The molecule has 2 heterocycles. The van der Waals surface area contributed by atoms with Crippen molar-refractivity contribution in [1.82, 2.24) is 14.9 Å². The van der Waals surface area contributed by atoms with Crippen LogP contribution < -0.4 is 0 Å². The van der Waals surface area contributed by atoms with Gasteiger partial charge in [-0.25, -0.2) is 4.98 Å². The molecule has 2 rings (SSSR count). The van der Waals surface area contributed by atoms with Crippen molar-refractivity contribution in [3.8, 4) is 0 Å². The normalized spacial score (nSPS) is 23.1. The number of likely N-dealkylation sites (tertiary alicyclic amines) is 1. The van der Waals surface area contributed by atoms with Crippen LogP contribution in [0.4, 0.5) is 0 Å². The number of H-pyrrole nitrogens is 1. The molecule has 0 bridgehead atoms. The standard InChI is InChI=1S/C9H13N3O/c13-7-12-5-1-2-8(6-12)9-10-3-4-11-9/h3-4,7-8H,1-2,5-6H2,(H,10,11). The van der Waals surface area contributed by atoms with E-state index in [1.54, 1.807) is 6.20 Å². The Kier molecular flexibility index (Phi) is 2.29. The SMILES string of the molecule is O=CN1CCCC(c2ncc[nH]2)C1. The van der Waals surface area contributed by atoms with Crippen LogP contribution in [0.3, 0.4) is 0 Å². The summed E-state index contributed by atoms with van der Waals surface area (Å²) >= 11 is 0. The lowest BCUT2D eigenvalue weighted by Crippen LogP contribution is -2.33. The second kappa shape index (κ2) is 3.60. The molecule has 70 valence electrons. The molecule has 0 saturated carbocycles. The van der Waals surface area contributed by atoms with Gasteiger partial charge in [0, 0.05) is 31.4 Å². The summed E-state index contributed by atoms with van der Waals surface area (Å²) in [6.45, 7) is 1.69. The van der Waals surface area contributed by atoms with E-state index in [2.05, 4.69) is 9.97 Å². The zero-order chi connectivity index (χ0) is 9.10. The topological polar surface area (TPSA) is 49.0 Å². The molecule has 13 heavy (non-hydrogen) atoms. The number of piperidine rings is 1. The van der Waals surface area contributed by atoms with E-state index in [0.717, 1.165) is 38.2 Å². The number of aromatic amines is 1. The predicted molar refractivity (Wildman–Crippen MR) is 48.2 cm³/mol. The van der Waals surface area contributed by atoms with Crippen molar-refractivity contribution in [1.29, 1.82) is 0 Å². The highest BCUT2D eigenvalue weighted by Gasteiger charge is 2.21. The molecule has 0 aromatic carbocycles. The number of nitrogens with one attached hydrogen (secondary N) is 1. The fraction of sp³-hybridized carbons (Fsp3) is 0.556. The second-order valence-electron chi connectivity index (χ2n) is 3.41. The maximum Gasteiger partial charge on any atom is 0.209 e. The first-order valence-corrected chi connectivity index (χ1v) is 4.59. The molecule has 1 atom stereocenters. The lowest BCUT2D eigenvalue weighted by molar-refractivity contribution is -0.119. The summed E-state index contributed by atoms with van der Waals surface area (Å²) in [4.78, 5) is 19.7. The van der Waals surface area contributed by atoms with E-state index in [-0.39, 0.29) is 0 Å². The number of rotatable bonds is 2. The van der Waals surface area contributed by atoms with Crippen LogP contribution in [0.1, 0.15) is 24.6 Å². The molecule has 4 nitrogen and oxygen atoms in total. The zero-order valence-electron chi connectivity index (χ0n) is 7.44. The summed E-state index contributed by atoms with van der Waals surface area (Å²) in [5.74, 6) is 1.40. The van der Waals surface area contributed by atoms with Gasteiger partial charge in [-0.3, -0.25) is 4.79 Å². The van der Waals surface area contributed by atoms with E-state index >= 15 is 0 Å². The third-order valence-corrected chi connectivity index (χ3v) is 2.51. The number of carbonyl (C=O) groups is 1. The molecular formula is C9H13N3O. The minimum absolute atomic E-state index is 0.397. The second-order valence-corrected chi connectivity index (χ2v) is 3.41. The van der Waals surface area contributed by atoms with Crippen LogP contribution in [0.2, 0.25) is 0 Å². The Balaban J connectivity index is 2.04. The summed E-state index contributed by atoms with van der Waals surface area (Å²) < 4.78 is 0. The number of aromatic nitrogens is 2. The van der Waals surface area contributed by atoms with Crippen LogP contribution in [0.25, 0.3) is 0 Å². The quantitative estimate of drug-likeness (QED) is 0.681. The van der Waals surface area contributed by atoms with Crippen molar-refractivity contribution in [2.75, 3.05) is 13.1 Å². The summed E-state index contributed by atoms with van der Waals surface area (Å²) in [5, 5.41) is 0. The van der Waals surface area contributed by atoms with Gasteiger partial charge in [0.2, 0.25) is 6.41 Å². The maximum absolute atomic E-state index is 10.6. The lowest BCUT2D eigenvalue weighted by atomic mass is 9.98. The van der Waals surface area contributed by atoms with Gasteiger partial charge in [-0.15, -0.1) is 0 Å².